The van der Waals surface area contributed by atoms with Gasteiger partial charge in [-0.3, -0.25) is 0 Å². The number of hydrogen-bond acceptors (Lipinski definition) is 5. The molecular weight excluding hydrogens is 316 g/mol. The summed E-state index contributed by atoms with van der Waals surface area (Å²) >= 11 is 4.72. The van der Waals surface area contributed by atoms with Gasteiger partial charge in [0.1, 0.15) is 5.75 Å². The van der Waals surface area contributed by atoms with E-state index in [-0.39, 0.29) is 5.75 Å². The standard InChI is InChI=1S/C11H9BrN4OS/c1-2-9-13-14-11-16(9)15-10(18-11)7-4-3-6(12)5-8(7)17/h3-5,17H,2H2,1H3. The number of phenolic OH excluding ortho intramolecular Hbond substituents is 1. The van der Waals surface area contributed by atoms with Crippen LogP contribution in [0.3, 0.4) is 0 Å². The molecular formula is C11H9BrN4OS. The number of fused-ring (bicyclic) bond motifs is 1. The van der Waals surface area contributed by atoms with E-state index in [0.29, 0.717) is 5.56 Å². The van der Waals surface area contributed by atoms with Crippen molar-refractivity contribution < 1.29 is 5.11 Å². The third-order valence-electron chi connectivity index (χ3n) is 2.56. The summed E-state index contributed by atoms with van der Waals surface area (Å²) in [6.45, 7) is 2.01. The molecule has 0 bridgehead atoms. The number of rotatable bonds is 2. The van der Waals surface area contributed by atoms with Gasteiger partial charge < -0.3 is 5.11 Å². The molecule has 1 N–H and O–H groups in total. The first-order chi connectivity index (χ1) is 8.69. The summed E-state index contributed by atoms with van der Waals surface area (Å²) in [5.41, 5.74) is 0.704. The van der Waals surface area contributed by atoms with Crippen molar-refractivity contribution in [3.8, 4) is 16.3 Å². The predicted octanol–water partition coefficient (Wildman–Crippen LogP) is 2.88. The molecule has 0 amide bonds. The molecule has 0 aliphatic carbocycles. The molecule has 0 aliphatic rings. The van der Waals surface area contributed by atoms with Gasteiger partial charge in [0.15, 0.2) is 10.8 Å². The van der Waals surface area contributed by atoms with Crippen molar-refractivity contribution in [2.24, 2.45) is 0 Å². The molecule has 7 heteroatoms. The van der Waals surface area contributed by atoms with E-state index in [1.165, 1.54) is 11.3 Å². The lowest BCUT2D eigenvalue weighted by atomic mass is 10.2. The average Bonchev–Trinajstić information content (AvgIpc) is 2.88. The molecule has 0 atom stereocenters. The van der Waals surface area contributed by atoms with Crippen molar-refractivity contribution in [1.82, 2.24) is 19.8 Å². The summed E-state index contributed by atoms with van der Waals surface area (Å²) in [5.74, 6) is 1.02. The van der Waals surface area contributed by atoms with Gasteiger partial charge in [-0.05, 0) is 18.2 Å². The van der Waals surface area contributed by atoms with Crippen LogP contribution in [0.4, 0.5) is 0 Å². The Kier molecular flexibility index (Phi) is 2.79. The van der Waals surface area contributed by atoms with Gasteiger partial charge in [0.25, 0.3) is 0 Å². The van der Waals surface area contributed by atoms with E-state index in [0.717, 1.165) is 26.7 Å². The van der Waals surface area contributed by atoms with Crippen molar-refractivity contribution in [1.29, 1.82) is 0 Å². The van der Waals surface area contributed by atoms with Gasteiger partial charge in [0.2, 0.25) is 4.96 Å². The quantitative estimate of drug-likeness (QED) is 0.787. The molecule has 0 unspecified atom stereocenters. The molecule has 1 aromatic carbocycles. The molecule has 18 heavy (non-hydrogen) atoms. The maximum Gasteiger partial charge on any atom is 0.234 e. The molecule has 3 aromatic rings. The highest BCUT2D eigenvalue weighted by Gasteiger charge is 2.14. The number of aromatic hydroxyl groups is 1. The lowest BCUT2D eigenvalue weighted by molar-refractivity contribution is 0.477. The number of hydrogen-bond donors (Lipinski definition) is 1. The Labute approximate surface area is 115 Å². The van der Waals surface area contributed by atoms with Crippen LogP contribution >= 0.6 is 27.3 Å². The number of aryl methyl sites for hydroxylation is 1. The zero-order valence-electron chi connectivity index (χ0n) is 9.46. The normalized spacial score (nSPS) is 11.2. The molecule has 3 rings (SSSR count). The first kappa shape index (κ1) is 11.6. The highest BCUT2D eigenvalue weighted by atomic mass is 79.9. The molecule has 0 radical (unpaired) electrons. The number of nitrogens with zero attached hydrogens (tertiary/aromatic N) is 4. The summed E-state index contributed by atoms with van der Waals surface area (Å²) in [6, 6.07) is 5.35. The van der Waals surface area contributed by atoms with Crippen LogP contribution in [0.1, 0.15) is 12.7 Å². The Morgan fingerprint density at radius 3 is 2.94 bits per heavy atom. The average molecular weight is 325 g/mol. The minimum atomic E-state index is 0.201. The van der Waals surface area contributed by atoms with Crippen LogP contribution in [0, 0.1) is 0 Å². The maximum atomic E-state index is 9.93. The van der Waals surface area contributed by atoms with Crippen LogP contribution < -0.4 is 0 Å². The number of phenols is 1. The van der Waals surface area contributed by atoms with Crippen molar-refractivity contribution in [2.75, 3.05) is 0 Å². The largest absolute Gasteiger partial charge is 0.507 e. The summed E-state index contributed by atoms with van der Waals surface area (Å²) in [7, 11) is 0. The van der Waals surface area contributed by atoms with E-state index in [1.807, 2.05) is 19.1 Å². The van der Waals surface area contributed by atoms with Crippen molar-refractivity contribution in [2.45, 2.75) is 13.3 Å². The van der Waals surface area contributed by atoms with Crippen LogP contribution in [0.15, 0.2) is 22.7 Å². The van der Waals surface area contributed by atoms with E-state index in [4.69, 9.17) is 0 Å². The van der Waals surface area contributed by atoms with E-state index in [1.54, 1.807) is 10.6 Å². The minimum absolute atomic E-state index is 0.201. The Morgan fingerprint density at radius 2 is 2.22 bits per heavy atom. The monoisotopic (exact) mass is 324 g/mol. The van der Waals surface area contributed by atoms with Crippen molar-refractivity contribution in [3.05, 3.63) is 28.5 Å². The second kappa shape index (κ2) is 4.33. The predicted molar refractivity (Wildman–Crippen MR) is 72.8 cm³/mol. The first-order valence-electron chi connectivity index (χ1n) is 5.39. The topological polar surface area (TPSA) is 63.3 Å². The van der Waals surface area contributed by atoms with Gasteiger partial charge in [-0.15, -0.1) is 10.2 Å². The molecule has 0 saturated carbocycles. The molecule has 92 valence electrons. The highest BCUT2D eigenvalue weighted by molar-refractivity contribution is 9.10. The van der Waals surface area contributed by atoms with Gasteiger partial charge in [-0.25, -0.2) is 0 Å². The molecule has 0 saturated heterocycles. The van der Waals surface area contributed by atoms with E-state index in [2.05, 4.69) is 31.2 Å². The van der Waals surface area contributed by atoms with E-state index in [9.17, 15) is 5.11 Å². The molecule has 0 fully saturated rings. The molecule has 2 aromatic heterocycles. The van der Waals surface area contributed by atoms with Crippen LogP contribution in [0.5, 0.6) is 5.75 Å². The van der Waals surface area contributed by atoms with Crippen molar-refractivity contribution >= 4 is 32.2 Å². The van der Waals surface area contributed by atoms with Gasteiger partial charge in [0, 0.05) is 10.9 Å². The van der Waals surface area contributed by atoms with E-state index < -0.39 is 0 Å². The minimum Gasteiger partial charge on any atom is -0.507 e. The van der Waals surface area contributed by atoms with Gasteiger partial charge in [-0.1, -0.05) is 34.2 Å². The second-order valence-electron chi connectivity index (χ2n) is 3.73. The first-order valence-corrected chi connectivity index (χ1v) is 7.00. The molecule has 0 aliphatic heterocycles. The summed E-state index contributed by atoms with van der Waals surface area (Å²) < 4.78 is 2.56. The van der Waals surface area contributed by atoms with Gasteiger partial charge >= 0.3 is 0 Å². The summed E-state index contributed by atoms with van der Waals surface area (Å²) in [6.07, 6.45) is 0.774. The Bertz CT molecular complexity index is 721. The highest BCUT2D eigenvalue weighted by Crippen LogP contribution is 2.34. The second-order valence-corrected chi connectivity index (χ2v) is 5.60. The zero-order chi connectivity index (χ0) is 12.7. The fraction of sp³-hybridized carbons (Fsp3) is 0.182. The maximum absolute atomic E-state index is 9.93. The number of aromatic nitrogens is 4. The zero-order valence-corrected chi connectivity index (χ0v) is 11.9. The van der Waals surface area contributed by atoms with Crippen LogP contribution in [-0.2, 0) is 6.42 Å². The fourth-order valence-corrected chi connectivity index (χ4v) is 2.91. The third-order valence-corrected chi connectivity index (χ3v) is 3.99. The summed E-state index contributed by atoms with van der Waals surface area (Å²) in [5, 5.41) is 23.2. The van der Waals surface area contributed by atoms with Gasteiger partial charge in [-0.2, -0.15) is 9.61 Å². The molecule has 5 nitrogen and oxygen atoms in total. The Balaban J connectivity index is 2.16. The Hall–Kier alpha value is -1.47. The SMILES string of the molecule is CCc1nnc2sc(-c3ccc(Br)cc3O)nn12. The molecule has 2 heterocycles. The summed E-state index contributed by atoms with van der Waals surface area (Å²) in [4.78, 5) is 0.740. The van der Waals surface area contributed by atoms with Crippen molar-refractivity contribution in [3.63, 3.8) is 0 Å². The smallest absolute Gasteiger partial charge is 0.234 e. The van der Waals surface area contributed by atoms with Crippen LogP contribution in [0.2, 0.25) is 0 Å². The fourth-order valence-electron chi connectivity index (χ4n) is 1.67. The lowest BCUT2D eigenvalue weighted by Gasteiger charge is -2.00. The Morgan fingerprint density at radius 1 is 1.39 bits per heavy atom. The number of halogens is 1. The third kappa shape index (κ3) is 1.79. The van der Waals surface area contributed by atoms with Crippen LogP contribution in [0.25, 0.3) is 15.5 Å². The number of benzene rings is 1. The lowest BCUT2D eigenvalue weighted by Crippen LogP contribution is -1.93. The van der Waals surface area contributed by atoms with Crippen LogP contribution in [-0.4, -0.2) is 24.9 Å². The van der Waals surface area contributed by atoms with E-state index >= 15 is 0 Å². The molecule has 0 spiro atoms. The van der Waals surface area contributed by atoms with Gasteiger partial charge in [0.05, 0.1) is 5.56 Å².